The molecule has 0 aliphatic rings. The molecule has 0 spiro atoms. The number of carboxylic acids is 1. The van der Waals surface area contributed by atoms with Crippen molar-refractivity contribution in [2.24, 2.45) is 7.05 Å². The van der Waals surface area contributed by atoms with E-state index in [1.54, 1.807) is 17.1 Å². The maximum Gasteiger partial charge on any atom is 0.328 e. The fourth-order valence-electron chi connectivity index (χ4n) is 2.01. The van der Waals surface area contributed by atoms with E-state index in [1.165, 1.54) is 0 Å². The van der Waals surface area contributed by atoms with E-state index < -0.39 is 5.97 Å². The lowest BCUT2D eigenvalue weighted by atomic mass is 10.2. The highest BCUT2D eigenvalue weighted by Gasteiger charge is 2.15. The van der Waals surface area contributed by atoms with Gasteiger partial charge in [0.2, 0.25) is 0 Å². The van der Waals surface area contributed by atoms with E-state index in [1.807, 2.05) is 32.4 Å². The molecule has 2 rings (SSSR count). The zero-order valence-electron chi connectivity index (χ0n) is 11.4. The number of nitrogens with zero attached hydrogens (tertiary/aromatic N) is 4. The fraction of sp³-hybridized carbons (Fsp3) is 0.308. The largest absolute Gasteiger partial charge is 0.478 e. The molecule has 2 heterocycles. The van der Waals surface area contributed by atoms with Crippen LogP contribution in [0.5, 0.6) is 0 Å². The zero-order valence-corrected chi connectivity index (χ0v) is 11.4. The lowest BCUT2D eigenvalue weighted by Gasteiger charge is -2.07. The normalized spacial score (nSPS) is 11.4. The Hall–Kier alpha value is -2.37. The van der Waals surface area contributed by atoms with Gasteiger partial charge in [-0.15, -0.1) is 0 Å². The summed E-state index contributed by atoms with van der Waals surface area (Å²) in [4.78, 5) is 14.9. The molecule has 0 bridgehead atoms. The van der Waals surface area contributed by atoms with Gasteiger partial charge in [-0.3, -0.25) is 9.25 Å². The van der Waals surface area contributed by atoms with Crippen LogP contribution in [0.3, 0.4) is 0 Å². The maximum absolute atomic E-state index is 10.7. The van der Waals surface area contributed by atoms with Gasteiger partial charge in [0, 0.05) is 24.4 Å². The third kappa shape index (κ3) is 2.29. The molecule has 0 atom stereocenters. The number of carbonyl (C=O) groups is 1. The summed E-state index contributed by atoms with van der Waals surface area (Å²) < 4.78 is 3.64. The van der Waals surface area contributed by atoms with E-state index in [0.717, 1.165) is 34.5 Å². The summed E-state index contributed by atoms with van der Waals surface area (Å²) in [5, 5.41) is 13.1. The molecule has 6 nitrogen and oxygen atoms in total. The molecule has 19 heavy (non-hydrogen) atoms. The molecule has 2 aromatic heterocycles. The number of imidazole rings is 1. The summed E-state index contributed by atoms with van der Waals surface area (Å²) >= 11 is 0. The van der Waals surface area contributed by atoms with Crippen molar-refractivity contribution in [3.63, 3.8) is 0 Å². The Balaban J connectivity index is 2.63. The molecule has 6 heteroatoms. The Morgan fingerprint density at radius 2 is 2.00 bits per heavy atom. The van der Waals surface area contributed by atoms with Crippen LogP contribution in [-0.2, 0) is 11.8 Å². The first-order chi connectivity index (χ1) is 8.91. The number of hydrogen-bond acceptors (Lipinski definition) is 3. The molecule has 0 aliphatic heterocycles. The Morgan fingerprint density at radius 3 is 2.53 bits per heavy atom. The van der Waals surface area contributed by atoms with E-state index in [2.05, 4.69) is 10.1 Å². The Bertz CT molecular complexity index is 664. The topological polar surface area (TPSA) is 72.9 Å². The number of aromatic nitrogens is 4. The number of carboxylic acid groups (broad SMARTS) is 1. The van der Waals surface area contributed by atoms with Crippen LogP contribution in [0.2, 0.25) is 0 Å². The maximum atomic E-state index is 10.7. The average molecular weight is 260 g/mol. The molecule has 0 saturated heterocycles. The number of aliphatic carboxylic acids is 1. The molecular weight excluding hydrogens is 244 g/mol. The first-order valence-corrected chi connectivity index (χ1v) is 5.87. The van der Waals surface area contributed by atoms with Crippen LogP contribution < -0.4 is 0 Å². The Morgan fingerprint density at radius 1 is 1.32 bits per heavy atom. The van der Waals surface area contributed by atoms with Gasteiger partial charge in [0.15, 0.2) is 0 Å². The van der Waals surface area contributed by atoms with Gasteiger partial charge in [0.05, 0.1) is 11.4 Å². The highest BCUT2D eigenvalue weighted by molar-refractivity contribution is 5.86. The summed E-state index contributed by atoms with van der Waals surface area (Å²) in [6, 6.07) is 0. The molecule has 100 valence electrons. The Labute approximate surface area is 111 Å². The van der Waals surface area contributed by atoms with Gasteiger partial charge >= 0.3 is 5.97 Å². The van der Waals surface area contributed by atoms with Crippen molar-refractivity contribution >= 4 is 12.0 Å². The van der Waals surface area contributed by atoms with Gasteiger partial charge in [-0.1, -0.05) is 0 Å². The van der Waals surface area contributed by atoms with Gasteiger partial charge in [0.25, 0.3) is 0 Å². The zero-order chi connectivity index (χ0) is 14.2. The average Bonchev–Trinajstić information content (AvgIpc) is 2.78. The van der Waals surface area contributed by atoms with Crippen LogP contribution in [0.25, 0.3) is 11.9 Å². The standard InChI is InChI=1S/C13H16N4O2/c1-8-10(3)17(7-14-8)13-11(5-6-12(18)19)9(2)15-16(13)4/h5-7H,1-4H3,(H,18,19). The molecule has 0 radical (unpaired) electrons. The molecule has 0 aliphatic carbocycles. The number of hydrogen-bond donors (Lipinski definition) is 1. The molecule has 0 amide bonds. The van der Waals surface area contributed by atoms with Crippen LogP contribution in [0, 0.1) is 20.8 Å². The first kappa shape index (κ1) is 13.1. The van der Waals surface area contributed by atoms with Crippen LogP contribution in [0.4, 0.5) is 0 Å². The van der Waals surface area contributed by atoms with Crippen molar-refractivity contribution in [1.29, 1.82) is 0 Å². The van der Waals surface area contributed by atoms with Gasteiger partial charge in [-0.2, -0.15) is 5.10 Å². The summed E-state index contributed by atoms with van der Waals surface area (Å²) in [6.07, 6.45) is 4.40. The lowest BCUT2D eigenvalue weighted by molar-refractivity contribution is -0.131. The Kier molecular flexibility index (Phi) is 3.25. The van der Waals surface area contributed by atoms with Crippen molar-refractivity contribution in [3.05, 3.63) is 35.0 Å². The second-order valence-corrected chi connectivity index (χ2v) is 4.40. The quantitative estimate of drug-likeness (QED) is 0.851. The third-order valence-corrected chi connectivity index (χ3v) is 3.11. The van der Waals surface area contributed by atoms with Crippen molar-refractivity contribution in [2.45, 2.75) is 20.8 Å². The first-order valence-electron chi connectivity index (χ1n) is 5.87. The third-order valence-electron chi connectivity index (χ3n) is 3.11. The van der Waals surface area contributed by atoms with Crippen LogP contribution >= 0.6 is 0 Å². The summed E-state index contributed by atoms with van der Waals surface area (Å²) in [5.74, 6) is -0.166. The highest BCUT2D eigenvalue weighted by Crippen LogP contribution is 2.21. The van der Waals surface area contributed by atoms with Crippen LogP contribution in [0.15, 0.2) is 12.4 Å². The fourth-order valence-corrected chi connectivity index (χ4v) is 2.01. The molecule has 0 fully saturated rings. The summed E-state index contributed by atoms with van der Waals surface area (Å²) in [6.45, 7) is 5.75. The van der Waals surface area contributed by atoms with Crippen molar-refractivity contribution in [1.82, 2.24) is 19.3 Å². The van der Waals surface area contributed by atoms with Gasteiger partial charge in [0.1, 0.15) is 12.1 Å². The van der Waals surface area contributed by atoms with Crippen molar-refractivity contribution < 1.29 is 9.90 Å². The smallest absolute Gasteiger partial charge is 0.328 e. The number of rotatable bonds is 3. The van der Waals surface area contributed by atoms with Crippen LogP contribution in [0.1, 0.15) is 22.6 Å². The van der Waals surface area contributed by atoms with Gasteiger partial charge in [-0.05, 0) is 26.8 Å². The van der Waals surface area contributed by atoms with Gasteiger partial charge < -0.3 is 5.11 Å². The van der Waals surface area contributed by atoms with Crippen LogP contribution in [-0.4, -0.2) is 30.4 Å². The molecule has 0 unspecified atom stereocenters. The molecule has 2 aromatic rings. The predicted octanol–water partition coefficient (Wildman–Crippen LogP) is 1.63. The van der Waals surface area contributed by atoms with E-state index in [-0.39, 0.29) is 0 Å². The molecule has 0 saturated carbocycles. The molecule has 1 N–H and O–H groups in total. The minimum absolute atomic E-state index is 0.778. The monoisotopic (exact) mass is 260 g/mol. The van der Waals surface area contributed by atoms with E-state index in [9.17, 15) is 4.79 Å². The summed E-state index contributed by atoms with van der Waals surface area (Å²) in [5.41, 5.74) is 3.51. The summed E-state index contributed by atoms with van der Waals surface area (Å²) in [7, 11) is 1.83. The number of aryl methyl sites for hydroxylation is 3. The SMILES string of the molecule is Cc1nn(C)c(-n2cnc(C)c2C)c1C=CC(=O)O. The van der Waals surface area contributed by atoms with E-state index in [4.69, 9.17) is 5.11 Å². The minimum Gasteiger partial charge on any atom is -0.478 e. The van der Waals surface area contributed by atoms with Gasteiger partial charge in [-0.25, -0.2) is 9.78 Å². The molecule has 0 aromatic carbocycles. The predicted molar refractivity (Wildman–Crippen MR) is 71.2 cm³/mol. The highest BCUT2D eigenvalue weighted by atomic mass is 16.4. The van der Waals surface area contributed by atoms with E-state index >= 15 is 0 Å². The minimum atomic E-state index is -0.979. The van der Waals surface area contributed by atoms with E-state index in [0.29, 0.717) is 0 Å². The van der Waals surface area contributed by atoms with Crippen molar-refractivity contribution in [2.75, 3.05) is 0 Å². The molecular formula is C13H16N4O2. The second-order valence-electron chi connectivity index (χ2n) is 4.40. The van der Waals surface area contributed by atoms with Crippen molar-refractivity contribution in [3.8, 4) is 5.82 Å². The second kappa shape index (κ2) is 4.72. The lowest BCUT2D eigenvalue weighted by Crippen LogP contribution is -2.05.